The first-order valence-electron chi connectivity index (χ1n) is 9.78. The fourth-order valence-corrected chi connectivity index (χ4v) is 4.48. The molecule has 2 amide bonds. The van der Waals surface area contributed by atoms with Crippen LogP contribution in [-0.2, 0) is 11.2 Å². The highest BCUT2D eigenvalue weighted by Gasteiger charge is 2.51. The van der Waals surface area contributed by atoms with Crippen molar-refractivity contribution in [3.05, 3.63) is 71.7 Å². The lowest BCUT2D eigenvalue weighted by atomic mass is 9.88. The summed E-state index contributed by atoms with van der Waals surface area (Å²) in [5.74, 6) is -0.0624. The maximum Gasteiger partial charge on any atom is 0.410 e. The van der Waals surface area contributed by atoms with Crippen LogP contribution in [0.15, 0.2) is 54.9 Å². The first-order chi connectivity index (χ1) is 14.1. The Labute approximate surface area is 168 Å². The SMILES string of the molecule is Cc1cn2cccc(C(=O)N3CCN4C(=O)OCC4(Cc4ccccc4)C3)c2n1. The molecule has 2 saturated heterocycles. The number of pyridine rings is 1. The van der Waals surface area contributed by atoms with Gasteiger partial charge in [-0.1, -0.05) is 30.3 Å². The number of hydrogen-bond donors (Lipinski definition) is 0. The van der Waals surface area contributed by atoms with E-state index in [4.69, 9.17) is 4.74 Å². The van der Waals surface area contributed by atoms with Crippen molar-refractivity contribution in [2.24, 2.45) is 0 Å². The molecule has 2 aliphatic rings. The Balaban J connectivity index is 1.47. The summed E-state index contributed by atoms with van der Waals surface area (Å²) in [5.41, 5.74) is 2.69. The van der Waals surface area contributed by atoms with Gasteiger partial charge >= 0.3 is 6.09 Å². The molecule has 0 saturated carbocycles. The van der Waals surface area contributed by atoms with Crippen molar-refractivity contribution >= 4 is 17.6 Å². The van der Waals surface area contributed by atoms with Crippen LogP contribution in [0.3, 0.4) is 0 Å². The summed E-state index contributed by atoms with van der Waals surface area (Å²) in [6.07, 6.45) is 4.16. The molecule has 5 rings (SSSR count). The largest absolute Gasteiger partial charge is 0.447 e. The molecule has 7 nitrogen and oxygen atoms in total. The summed E-state index contributed by atoms with van der Waals surface area (Å²) in [4.78, 5) is 33.9. The average Bonchev–Trinajstić information content (AvgIpc) is 3.27. The lowest BCUT2D eigenvalue weighted by Gasteiger charge is -2.44. The zero-order valence-corrected chi connectivity index (χ0v) is 16.2. The van der Waals surface area contributed by atoms with Gasteiger partial charge in [-0.2, -0.15) is 0 Å². The standard InChI is InChI=1S/C22H22N4O3/c1-16-13-24-9-5-8-18(19(24)23-16)20(27)25-10-11-26-21(28)29-15-22(26,14-25)12-17-6-3-2-4-7-17/h2-9,13H,10-12,14-15H2,1H3. The van der Waals surface area contributed by atoms with Crippen molar-refractivity contribution in [2.75, 3.05) is 26.2 Å². The monoisotopic (exact) mass is 390 g/mol. The third-order valence-corrected chi connectivity index (χ3v) is 5.83. The number of aryl methyl sites for hydroxylation is 1. The number of imidazole rings is 1. The number of aromatic nitrogens is 2. The summed E-state index contributed by atoms with van der Waals surface area (Å²) < 4.78 is 7.29. The molecule has 1 atom stereocenters. The Kier molecular flexibility index (Phi) is 4.04. The number of benzene rings is 1. The molecule has 0 N–H and O–H groups in total. The van der Waals surface area contributed by atoms with Crippen molar-refractivity contribution in [1.82, 2.24) is 19.2 Å². The van der Waals surface area contributed by atoms with Crippen molar-refractivity contribution in [2.45, 2.75) is 18.9 Å². The second-order valence-corrected chi connectivity index (χ2v) is 7.85. The number of carbonyl (C=O) groups excluding carboxylic acids is 2. The molecule has 0 aliphatic carbocycles. The van der Waals surface area contributed by atoms with E-state index in [2.05, 4.69) is 4.98 Å². The summed E-state index contributed by atoms with van der Waals surface area (Å²) in [6, 6.07) is 13.7. The van der Waals surface area contributed by atoms with Crippen molar-refractivity contribution < 1.29 is 14.3 Å². The fraction of sp³-hybridized carbons (Fsp3) is 0.318. The Hall–Kier alpha value is -3.35. The van der Waals surface area contributed by atoms with E-state index in [9.17, 15) is 9.59 Å². The van der Waals surface area contributed by atoms with Crippen LogP contribution in [0, 0.1) is 6.92 Å². The van der Waals surface area contributed by atoms with Gasteiger partial charge in [0.15, 0.2) is 0 Å². The van der Waals surface area contributed by atoms with Gasteiger partial charge in [0.05, 0.1) is 11.3 Å². The highest BCUT2D eigenvalue weighted by molar-refractivity contribution is 6.00. The number of nitrogens with zero attached hydrogens (tertiary/aromatic N) is 4. The number of hydrogen-bond acceptors (Lipinski definition) is 4. The molecular formula is C22H22N4O3. The molecule has 1 unspecified atom stereocenters. The van der Waals surface area contributed by atoms with E-state index in [1.54, 1.807) is 4.90 Å². The molecular weight excluding hydrogens is 368 g/mol. The van der Waals surface area contributed by atoms with Crippen molar-refractivity contribution in [3.8, 4) is 0 Å². The topological polar surface area (TPSA) is 67.2 Å². The predicted octanol–water partition coefficient (Wildman–Crippen LogP) is 2.53. The number of piperazine rings is 1. The first-order valence-corrected chi connectivity index (χ1v) is 9.78. The molecule has 2 fully saturated rings. The van der Waals surface area contributed by atoms with Crippen LogP contribution in [0.2, 0.25) is 0 Å². The Morgan fingerprint density at radius 1 is 1.17 bits per heavy atom. The predicted molar refractivity (Wildman–Crippen MR) is 107 cm³/mol. The maximum absolute atomic E-state index is 13.4. The molecule has 2 aliphatic heterocycles. The maximum atomic E-state index is 13.4. The Bertz CT molecular complexity index is 1090. The van der Waals surface area contributed by atoms with Crippen LogP contribution in [0.1, 0.15) is 21.6 Å². The number of amides is 2. The van der Waals surface area contributed by atoms with Crippen LogP contribution in [0.4, 0.5) is 4.79 Å². The van der Waals surface area contributed by atoms with E-state index in [1.165, 1.54) is 0 Å². The Morgan fingerprint density at radius 3 is 2.83 bits per heavy atom. The van der Waals surface area contributed by atoms with Gasteiger partial charge in [0.2, 0.25) is 0 Å². The molecule has 0 radical (unpaired) electrons. The van der Waals surface area contributed by atoms with Gasteiger partial charge < -0.3 is 14.0 Å². The molecule has 4 heterocycles. The second-order valence-electron chi connectivity index (χ2n) is 7.85. The van der Waals surface area contributed by atoms with Crippen molar-refractivity contribution in [1.29, 1.82) is 0 Å². The third-order valence-electron chi connectivity index (χ3n) is 5.83. The van der Waals surface area contributed by atoms with Crippen LogP contribution in [0.25, 0.3) is 5.65 Å². The zero-order valence-electron chi connectivity index (χ0n) is 16.2. The minimum atomic E-state index is -0.539. The molecule has 3 aromatic rings. The summed E-state index contributed by atoms with van der Waals surface area (Å²) in [5, 5.41) is 0. The molecule has 7 heteroatoms. The Morgan fingerprint density at radius 2 is 2.00 bits per heavy atom. The molecule has 2 aromatic heterocycles. The van der Waals surface area contributed by atoms with Crippen LogP contribution < -0.4 is 0 Å². The van der Waals surface area contributed by atoms with Gasteiger partial charge in [-0.25, -0.2) is 9.78 Å². The molecule has 1 aromatic carbocycles. The number of cyclic esters (lactones) is 1. The summed E-state index contributed by atoms with van der Waals surface area (Å²) in [7, 11) is 0. The van der Waals surface area contributed by atoms with E-state index >= 15 is 0 Å². The van der Waals surface area contributed by atoms with E-state index in [1.807, 2.05) is 71.1 Å². The summed E-state index contributed by atoms with van der Waals surface area (Å²) in [6.45, 7) is 3.58. The highest BCUT2D eigenvalue weighted by atomic mass is 16.6. The lowest BCUT2D eigenvalue weighted by Crippen LogP contribution is -2.63. The highest BCUT2D eigenvalue weighted by Crippen LogP contribution is 2.33. The molecule has 148 valence electrons. The van der Waals surface area contributed by atoms with Crippen LogP contribution in [0.5, 0.6) is 0 Å². The quantitative estimate of drug-likeness (QED) is 0.689. The smallest absolute Gasteiger partial charge is 0.410 e. The second kappa shape index (κ2) is 6.62. The molecule has 0 spiro atoms. The van der Waals surface area contributed by atoms with E-state index in [0.717, 1.165) is 11.3 Å². The average molecular weight is 390 g/mol. The van der Waals surface area contributed by atoms with Crippen LogP contribution >= 0.6 is 0 Å². The normalized spacial score (nSPS) is 21.3. The van der Waals surface area contributed by atoms with E-state index in [0.29, 0.717) is 37.3 Å². The number of ether oxygens (including phenoxy) is 1. The molecule has 29 heavy (non-hydrogen) atoms. The van der Waals surface area contributed by atoms with Gasteiger partial charge in [-0.05, 0) is 24.6 Å². The van der Waals surface area contributed by atoms with E-state index < -0.39 is 5.54 Å². The summed E-state index contributed by atoms with van der Waals surface area (Å²) >= 11 is 0. The van der Waals surface area contributed by atoms with Gasteiger partial charge in [-0.3, -0.25) is 9.69 Å². The minimum Gasteiger partial charge on any atom is -0.447 e. The van der Waals surface area contributed by atoms with Crippen LogP contribution in [-0.4, -0.2) is 63.0 Å². The first kappa shape index (κ1) is 17.7. The minimum absolute atomic E-state index is 0.0624. The van der Waals surface area contributed by atoms with Gasteiger partial charge in [0.1, 0.15) is 17.8 Å². The third kappa shape index (κ3) is 2.93. The number of fused-ring (bicyclic) bond motifs is 2. The number of carbonyl (C=O) groups is 2. The van der Waals surface area contributed by atoms with Gasteiger partial charge in [0.25, 0.3) is 5.91 Å². The lowest BCUT2D eigenvalue weighted by molar-refractivity contribution is 0.0376. The zero-order chi connectivity index (χ0) is 20.0. The van der Waals surface area contributed by atoms with Gasteiger partial charge in [0, 0.05) is 38.4 Å². The molecule has 0 bridgehead atoms. The van der Waals surface area contributed by atoms with Gasteiger partial charge in [-0.15, -0.1) is 0 Å². The van der Waals surface area contributed by atoms with E-state index in [-0.39, 0.29) is 18.6 Å². The van der Waals surface area contributed by atoms with Crippen molar-refractivity contribution in [3.63, 3.8) is 0 Å². The fourth-order valence-electron chi connectivity index (χ4n) is 4.48. The number of rotatable bonds is 3.